The van der Waals surface area contributed by atoms with E-state index in [1.165, 1.54) is 31.9 Å². The number of carbonyl (C=O) groups is 1. The zero-order chi connectivity index (χ0) is 24.5. The van der Waals surface area contributed by atoms with Crippen LogP contribution in [0.15, 0.2) is 53.4 Å². The van der Waals surface area contributed by atoms with Crippen LogP contribution >= 0.6 is 0 Å². The van der Waals surface area contributed by atoms with Crippen molar-refractivity contribution in [3.8, 4) is 0 Å². The normalized spacial score (nSPS) is 21.4. The highest BCUT2D eigenvalue weighted by molar-refractivity contribution is 7.90. The van der Waals surface area contributed by atoms with E-state index < -0.39 is 15.5 Å². The van der Waals surface area contributed by atoms with Crippen LogP contribution in [0.3, 0.4) is 0 Å². The number of benzene rings is 2. The van der Waals surface area contributed by atoms with Crippen molar-refractivity contribution in [1.82, 2.24) is 5.32 Å². The molecule has 2 aromatic rings. The summed E-state index contributed by atoms with van der Waals surface area (Å²) in [6.45, 7) is 0. The predicted octanol–water partition coefficient (Wildman–Crippen LogP) is 5.43. The molecular weight excluding hydrogens is 458 g/mol. The second kappa shape index (κ2) is 9.84. The molecule has 1 heterocycles. The Labute approximate surface area is 209 Å². The Kier molecular flexibility index (Phi) is 6.80. The van der Waals surface area contributed by atoms with E-state index in [1.807, 2.05) is 36.4 Å². The van der Waals surface area contributed by atoms with Crippen molar-refractivity contribution in [2.75, 3.05) is 16.9 Å². The van der Waals surface area contributed by atoms with Crippen LogP contribution in [0, 0.1) is 11.8 Å². The van der Waals surface area contributed by atoms with Crippen molar-refractivity contribution in [1.29, 1.82) is 0 Å². The topological polar surface area (TPSA) is 87.3 Å². The van der Waals surface area contributed by atoms with Crippen LogP contribution in [0.25, 0.3) is 0 Å². The molecule has 0 radical (unpaired) electrons. The van der Waals surface area contributed by atoms with Gasteiger partial charge in [-0.3, -0.25) is 4.79 Å². The van der Waals surface area contributed by atoms with Gasteiger partial charge in [-0.25, -0.2) is 8.42 Å². The Bertz CT molecular complexity index is 1130. The third-order valence-corrected chi connectivity index (χ3v) is 9.28. The van der Waals surface area contributed by atoms with Crippen molar-refractivity contribution in [2.24, 2.45) is 11.8 Å². The van der Waals surface area contributed by atoms with E-state index in [9.17, 15) is 13.2 Å². The number of fused-ring (bicyclic) bond motifs is 1. The molecule has 35 heavy (non-hydrogen) atoms. The van der Waals surface area contributed by atoms with Crippen LogP contribution in [-0.4, -0.2) is 26.6 Å². The SMILES string of the molecule is CS(=O)(=O)c1ccc(C2([C@@H](C(=O)NC3CCCCC3)C3CCCCC3)Nc3ccccc3N2)cc1. The fourth-order valence-corrected chi connectivity index (χ4v) is 7.00. The number of hydrogen-bond acceptors (Lipinski definition) is 5. The molecule has 188 valence electrons. The highest BCUT2D eigenvalue weighted by Crippen LogP contribution is 2.49. The third-order valence-electron chi connectivity index (χ3n) is 8.15. The van der Waals surface area contributed by atoms with Gasteiger partial charge in [0.2, 0.25) is 5.91 Å². The van der Waals surface area contributed by atoms with Crippen LogP contribution < -0.4 is 16.0 Å². The largest absolute Gasteiger partial charge is 0.357 e. The van der Waals surface area contributed by atoms with Crippen molar-refractivity contribution in [3.63, 3.8) is 0 Å². The molecule has 2 aliphatic carbocycles. The van der Waals surface area contributed by atoms with Gasteiger partial charge in [-0.15, -0.1) is 0 Å². The fourth-order valence-electron chi connectivity index (χ4n) is 6.37. The second-order valence-electron chi connectivity index (χ2n) is 10.6. The van der Waals surface area contributed by atoms with Crippen molar-refractivity contribution in [3.05, 3.63) is 54.1 Å². The minimum absolute atomic E-state index is 0.101. The zero-order valence-corrected chi connectivity index (χ0v) is 21.4. The lowest BCUT2D eigenvalue weighted by Gasteiger charge is -2.44. The van der Waals surface area contributed by atoms with Gasteiger partial charge in [-0.1, -0.05) is 62.8 Å². The highest BCUT2D eigenvalue weighted by atomic mass is 32.2. The number of anilines is 2. The number of hydrogen-bond donors (Lipinski definition) is 3. The van der Waals surface area contributed by atoms with Crippen LogP contribution in [-0.2, 0) is 20.3 Å². The summed E-state index contributed by atoms with van der Waals surface area (Å²) in [6.07, 6.45) is 12.4. The quantitative estimate of drug-likeness (QED) is 0.498. The molecular formula is C28H37N3O3S. The molecule has 6 nitrogen and oxygen atoms in total. The van der Waals surface area contributed by atoms with E-state index in [2.05, 4.69) is 16.0 Å². The van der Waals surface area contributed by atoms with Gasteiger partial charge in [0.15, 0.2) is 9.84 Å². The number of nitrogens with one attached hydrogen (secondary N) is 3. The summed E-state index contributed by atoms with van der Waals surface area (Å²) in [4.78, 5) is 14.5. The molecule has 5 rings (SSSR count). The summed E-state index contributed by atoms with van der Waals surface area (Å²) in [5.41, 5.74) is 1.97. The molecule has 0 saturated heterocycles. The van der Waals surface area contributed by atoms with Gasteiger partial charge in [0.1, 0.15) is 5.66 Å². The molecule has 1 aliphatic heterocycles. The van der Waals surface area contributed by atoms with Crippen LogP contribution in [0.4, 0.5) is 11.4 Å². The fraction of sp³-hybridized carbons (Fsp3) is 0.536. The van der Waals surface area contributed by atoms with Crippen molar-refractivity contribution < 1.29 is 13.2 Å². The van der Waals surface area contributed by atoms with Gasteiger partial charge in [0.05, 0.1) is 22.2 Å². The first-order valence-corrected chi connectivity index (χ1v) is 15.0. The number of sulfone groups is 1. The van der Waals surface area contributed by atoms with Crippen molar-refractivity contribution >= 4 is 27.1 Å². The lowest BCUT2D eigenvalue weighted by atomic mass is 9.71. The first-order chi connectivity index (χ1) is 16.9. The number of amides is 1. The van der Waals surface area contributed by atoms with E-state index in [0.717, 1.165) is 55.5 Å². The summed E-state index contributed by atoms with van der Waals surface area (Å²) < 4.78 is 24.3. The summed E-state index contributed by atoms with van der Waals surface area (Å²) in [7, 11) is -3.31. The highest BCUT2D eigenvalue weighted by Gasteiger charge is 2.52. The van der Waals surface area contributed by atoms with Crippen LogP contribution in [0.2, 0.25) is 0 Å². The molecule has 0 spiro atoms. The van der Waals surface area contributed by atoms with Gasteiger partial charge in [-0.05, 0) is 61.4 Å². The summed E-state index contributed by atoms with van der Waals surface area (Å²) in [6, 6.07) is 15.3. The second-order valence-corrected chi connectivity index (χ2v) is 12.6. The van der Waals surface area contributed by atoms with Crippen LogP contribution in [0.1, 0.15) is 69.8 Å². The molecule has 1 amide bonds. The standard InChI is InChI=1S/C28H37N3O3S/c1-35(33,34)23-18-16-21(17-19-23)28(30-24-14-8-9-15-25(24)31-28)26(20-10-4-2-5-11-20)27(32)29-22-12-6-3-7-13-22/h8-9,14-20,22,26,30-31H,2-7,10-13H2,1H3,(H,29,32)/t26-/m1/s1. The van der Waals surface area contributed by atoms with Gasteiger partial charge in [-0.2, -0.15) is 0 Å². The molecule has 2 fully saturated rings. The molecule has 3 aliphatic rings. The van der Waals surface area contributed by atoms with Gasteiger partial charge in [0, 0.05) is 12.3 Å². The van der Waals surface area contributed by atoms with Gasteiger partial charge in [0.25, 0.3) is 0 Å². The lowest BCUT2D eigenvalue weighted by Crippen LogP contribution is -2.56. The molecule has 3 N–H and O–H groups in total. The Balaban J connectivity index is 1.58. The predicted molar refractivity (Wildman–Crippen MR) is 140 cm³/mol. The average Bonchev–Trinajstić information content (AvgIpc) is 3.25. The zero-order valence-electron chi connectivity index (χ0n) is 20.6. The van der Waals surface area contributed by atoms with Crippen molar-refractivity contribution in [2.45, 2.75) is 80.8 Å². The van der Waals surface area contributed by atoms with E-state index in [4.69, 9.17) is 0 Å². The molecule has 0 bridgehead atoms. The van der Waals surface area contributed by atoms with E-state index in [0.29, 0.717) is 0 Å². The maximum Gasteiger partial charge on any atom is 0.228 e. The Morgan fingerprint density at radius 3 is 1.94 bits per heavy atom. The number of rotatable bonds is 6. The molecule has 2 aromatic carbocycles. The maximum atomic E-state index is 14.2. The smallest absolute Gasteiger partial charge is 0.228 e. The van der Waals surface area contributed by atoms with E-state index >= 15 is 0 Å². The molecule has 1 atom stereocenters. The first kappa shape index (κ1) is 24.2. The van der Waals surface area contributed by atoms with Gasteiger partial charge < -0.3 is 16.0 Å². The van der Waals surface area contributed by atoms with E-state index in [-0.39, 0.29) is 28.7 Å². The third kappa shape index (κ3) is 4.92. The number of para-hydroxylation sites is 2. The Morgan fingerprint density at radius 1 is 0.857 bits per heavy atom. The Hall–Kier alpha value is -2.54. The maximum absolute atomic E-state index is 14.2. The average molecular weight is 496 g/mol. The lowest BCUT2D eigenvalue weighted by molar-refractivity contribution is -0.130. The summed E-state index contributed by atoms with van der Waals surface area (Å²) >= 11 is 0. The molecule has 2 saturated carbocycles. The Morgan fingerprint density at radius 2 is 1.40 bits per heavy atom. The minimum atomic E-state index is -3.31. The monoisotopic (exact) mass is 495 g/mol. The van der Waals surface area contributed by atoms with E-state index in [1.54, 1.807) is 12.1 Å². The number of carbonyl (C=O) groups excluding carboxylic acids is 1. The van der Waals surface area contributed by atoms with Crippen LogP contribution in [0.5, 0.6) is 0 Å². The molecule has 7 heteroatoms. The summed E-state index contributed by atoms with van der Waals surface area (Å²) in [5.74, 6) is 0.00115. The van der Waals surface area contributed by atoms with Gasteiger partial charge >= 0.3 is 0 Å². The molecule has 0 unspecified atom stereocenters. The molecule has 0 aromatic heterocycles. The first-order valence-electron chi connectivity index (χ1n) is 13.1. The minimum Gasteiger partial charge on any atom is -0.357 e. The summed E-state index contributed by atoms with van der Waals surface area (Å²) in [5, 5.41) is 10.9.